The van der Waals surface area contributed by atoms with Crippen LogP contribution in [0.2, 0.25) is 0 Å². The van der Waals surface area contributed by atoms with Crippen LogP contribution in [0.4, 0.5) is 0 Å². The van der Waals surface area contributed by atoms with Gasteiger partial charge in [-0.25, -0.2) is 0 Å². The van der Waals surface area contributed by atoms with Crippen molar-refractivity contribution in [3.63, 3.8) is 0 Å². The molecule has 0 heterocycles. The molecule has 0 saturated carbocycles. The highest BCUT2D eigenvalue weighted by molar-refractivity contribution is 5.77. The summed E-state index contributed by atoms with van der Waals surface area (Å²) in [6.07, 6.45) is -1.05. The first-order valence-corrected chi connectivity index (χ1v) is 5.94. The fraction of sp³-hybridized carbons (Fsp3) is 0.500. The molecule has 0 aliphatic heterocycles. The molecule has 2 atom stereocenters. The molecule has 0 aromatic heterocycles. The summed E-state index contributed by atoms with van der Waals surface area (Å²) in [5, 5.41) is 10.1. The van der Waals surface area contributed by atoms with E-state index in [9.17, 15) is 9.90 Å². The van der Waals surface area contributed by atoms with Gasteiger partial charge in [0.05, 0.1) is 0 Å². The van der Waals surface area contributed by atoms with E-state index in [1.165, 1.54) is 0 Å². The van der Waals surface area contributed by atoms with Gasteiger partial charge in [0.2, 0.25) is 0 Å². The SMILES string of the molecule is Cc1ccccc1[C@@H](O)[C@H](N)C(=O)OC(C)(C)C. The third-order valence-corrected chi connectivity index (χ3v) is 2.53. The zero-order chi connectivity index (χ0) is 13.9. The number of aliphatic hydroxyl groups excluding tert-OH is 1. The Morgan fingerprint density at radius 2 is 1.89 bits per heavy atom. The molecular formula is C14H21NO3. The molecule has 0 unspecified atom stereocenters. The lowest BCUT2D eigenvalue weighted by Crippen LogP contribution is -2.41. The number of carbonyl (C=O) groups excluding carboxylic acids is 1. The maximum absolute atomic E-state index is 11.8. The first-order chi connectivity index (χ1) is 8.22. The van der Waals surface area contributed by atoms with Crippen molar-refractivity contribution in [3.05, 3.63) is 35.4 Å². The summed E-state index contributed by atoms with van der Waals surface area (Å²) in [6.45, 7) is 7.15. The average Bonchev–Trinajstić information content (AvgIpc) is 2.25. The summed E-state index contributed by atoms with van der Waals surface area (Å²) in [4.78, 5) is 11.8. The van der Waals surface area contributed by atoms with Crippen LogP contribution >= 0.6 is 0 Å². The quantitative estimate of drug-likeness (QED) is 0.802. The van der Waals surface area contributed by atoms with Crippen molar-refractivity contribution in [1.82, 2.24) is 0 Å². The van der Waals surface area contributed by atoms with Gasteiger partial charge in [-0.15, -0.1) is 0 Å². The second-order valence-corrected chi connectivity index (χ2v) is 5.36. The van der Waals surface area contributed by atoms with Crippen LogP contribution in [0.1, 0.15) is 38.0 Å². The van der Waals surface area contributed by atoms with Gasteiger partial charge >= 0.3 is 5.97 Å². The maximum Gasteiger partial charge on any atom is 0.326 e. The van der Waals surface area contributed by atoms with Gasteiger partial charge in [0.1, 0.15) is 17.7 Å². The van der Waals surface area contributed by atoms with E-state index in [2.05, 4.69) is 0 Å². The van der Waals surface area contributed by atoms with Crippen molar-refractivity contribution < 1.29 is 14.6 Å². The number of esters is 1. The molecule has 0 spiro atoms. The number of benzene rings is 1. The van der Waals surface area contributed by atoms with Gasteiger partial charge in [0.15, 0.2) is 0 Å². The molecule has 1 rings (SSSR count). The lowest BCUT2D eigenvalue weighted by molar-refractivity contribution is -0.159. The number of rotatable bonds is 3. The number of hydrogen-bond acceptors (Lipinski definition) is 4. The molecule has 0 aliphatic carbocycles. The summed E-state index contributed by atoms with van der Waals surface area (Å²) in [5.74, 6) is -0.599. The number of aliphatic hydroxyl groups is 1. The van der Waals surface area contributed by atoms with Gasteiger partial charge in [-0.05, 0) is 38.8 Å². The Morgan fingerprint density at radius 1 is 1.33 bits per heavy atom. The van der Waals surface area contributed by atoms with Crippen LogP contribution in [0.25, 0.3) is 0 Å². The Morgan fingerprint density at radius 3 is 2.39 bits per heavy atom. The molecule has 1 aromatic carbocycles. The van der Waals surface area contributed by atoms with Crippen molar-refractivity contribution >= 4 is 5.97 Å². The zero-order valence-corrected chi connectivity index (χ0v) is 11.3. The molecule has 100 valence electrons. The van der Waals surface area contributed by atoms with E-state index < -0.39 is 23.7 Å². The van der Waals surface area contributed by atoms with Gasteiger partial charge in [0.25, 0.3) is 0 Å². The number of aryl methyl sites for hydroxylation is 1. The minimum Gasteiger partial charge on any atom is -0.459 e. The standard InChI is InChI=1S/C14H21NO3/c1-9-7-5-6-8-10(9)12(16)11(15)13(17)18-14(2,3)4/h5-8,11-12,16H,15H2,1-4H3/t11-,12+/m0/s1. The lowest BCUT2D eigenvalue weighted by atomic mass is 9.98. The molecule has 4 heteroatoms. The summed E-state index contributed by atoms with van der Waals surface area (Å²) >= 11 is 0. The van der Waals surface area contributed by atoms with Gasteiger partial charge in [-0.2, -0.15) is 0 Å². The largest absolute Gasteiger partial charge is 0.459 e. The fourth-order valence-electron chi connectivity index (χ4n) is 1.61. The van der Waals surface area contributed by atoms with Crippen LogP contribution in [0.15, 0.2) is 24.3 Å². The molecule has 0 aliphatic rings. The van der Waals surface area contributed by atoms with E-state index in [1.54, 1.807) is 32.9 Å². The fourth-order valence-corrected chi connectivity index (χ4v) is 1.61. The molecule has 4 nitrogen and oxygen atoms in total. The van der Waals surface area contributed by atoms with Crippen LogP contribution in [-0.2, 0) is 9.53 Å². The smallest absolute Gasteiger partial charge is 0.326 e. The minimum absolute atomic E-state index is 0.599. The van der Waals surface area contributed by atoms with Crippen molar-refractivity contribution in [2.75, 3.05) is 0 Å². The van der Waals surface area contributed by atoms with Crippen molar-refractivity contribution in [3.8, 4) is 0 Å². The van der Waals surface area contributed by atoms with Gasteiger partial charge in [0, 0.05) is 0 Å². The predicted molar refractivity (Wildman–Crippen MR) is 70.0 cm³/mol. The lowest BCUT2D eigenvalue weighted by Gasteiger charge is -2.25. The van der Waals surface area contributed by atoms with Gasteiger partial charge < -0.3 is 15.6 Å². The van der Waals surface area contributed by atoms with E-state index in [-0.39, 0.29) is 0 Å². The maximum atomic E-state index is 11.8. The number of hydrogen-bond donors (Lipinski definition) is 2. The highest BCUT2D eigenvalue weighted by Crippen LogP contribution is 2.21. The topological polar surface area (TPSA) is 72.5 Å². The molecule has 0 bridgehead atoms. The van der Waals surface area contributed by atoms with Crippen LogP contribution < -0.4 is 5.73 Å². The van der Waals surface area contributed by atoms with Gasteiger partial charge in [-0.1, -0.05) is 24.3 Å². The van der Waals surface area contributed by atoms with Crippen LogP contribution in [0, 0.1) is 6.92 Å². The van der Waals surface area contributed by atoms with E-state index in [0.717, 1.165) is 5.56 Å². The number of nitrogens with two attached hydrogens (primary N) is 1. The van der Waals surface area contributed by atoms with Crippen molar-refractivity contribution in [2.24, 2.45) is 5.73 Å². The van der Waals surface area contributed by atoms with E-state index in [0.29, 0.717) is 5.56 Å². The molecular weight excluding hydrogens is 230 g/mol. The second kappa shape index (κ2) is 5.50. The van der Waals surface area contributed by atoms with Crippen LogP contribution in [-0.4, -0.2) is 22.7 Å². The normalized spacial score (nSPS) is 15.0. The summed E-state index contributed by atoms with van der Waals surface area (Å²) in [7, 11) is 0. The molecule has 18 heavy (non-hydrogen) atoms. The summed E-state index contributed by atoms with van der Waals surface area (Å²) in [5.41, 5.74) is 6.67. The molecule has 1 aromatic rings. The summed E-state index contributed by atoms with van der Waals surface area (Å²) in [6, 6.07) is 6.20. The third-order valence-electron chi connectivity index (χ3n) is 2.53. The van der Waals surface area contributed by atoms with E-state index in [1.807, 2.05) is 19.1 Å². The Labute approximate surface area is 108 Å². The highest BCUT2D eigenvalue weighted by Gasteiger charge is 2.29. The van der Waals surface area contributed by atoms with Gasteiger partial charge in [-0.3, -0.25) is 4.79 Å². The zero-order valence-electron chi connectivity index (χ0n) is 11.3. The van der Waals surface area contributed by atoms with Crippen LogP contribution in [0.3, 0.4) is 0 Å². The number of carbonyl (C=O) groups is 1. The monoisotopic (exact) mass is 251 g/mol. The van der Waals surface area contributed by atoms with Crippen molar-refractivity contribution in [2.45, 2.75) is 45.4 Å². The molecule has 0 saturated heterocycles. The number of ether oxygens (including phenoxy) is 1. The third kappa shape index (κ3) is 3.82. The van der Waals surface area contributed by atoms with E-state index in [4.69, 9.17) is 10.5 Å². The Balaban J connectivity index is 2.82. The molecule has 0 radical (unpaired) electrons. The minimum atomic E-state index is -1.08. The average molecular weight is 251 g/mol. The predicted octanol–water partition coefficient (Wildman–Crippen LogP) is 1.70. The first-order valence-electron chi connectivity index (χ1n) is 5.94. The Hall–Kier alpha value is -1.39. The summed E-state index contributed by atoms with van der Waals surface area (Å²) < 4.78 is 5.16. The van der Waals surface area contributed by atoms with Crippen molar-refractivity contribution in [1.29, 1.82) is 0 Å². The van der Waals surface area contributed by atoms with E-state index >= 15 is 0 Å². The van der Waals surface area contributed by atoms with Crippen LogP contribution in [0.5, 0.6) is 0 Å². The highest BCUT2D eigenvalue weighted by atomic mass is 16.6. The molecule has 0 amide bonds. The molecule has 3 N–H and O–H groups in total. The first kappa shape index (κ1) is 14.7. The Kier molecular flexibility index (Phi) is 4.48. The molecule has 0 fully saturated rings. The Bertz CT molecular complexity index is 423. The second-order valence-electron chi connectivity index (χ2n) is 5.36.